The van der Waals surface area contributed by atoms with Crippen LogP contribution in [0, 0.1) is 0 Å². The first-order valence-corrected chi connectivity index (χ1v) is 5.36. The molecule has 1 heterocycles. The molecule has 0 radical (unpaired) electrons. The highest BCUT2D eigenvalue weighted by Crippen LogP contribution is 2.32. The molecule has 0 N–H and O–H groups in total. The summed E-state index contributed by atoms with van der Waals surface area (Å²) in [6, 6.07) is 0. The van der Waals surface area contributed by atoms with Crippen LogP contribution < -0.4 is 4.74 Å². The van der Waals surface area contributed by atoms with Crippen LogP contribution in [0.25, 0.3) is 0 Å². The number of aromatic nitrogens is 1. The van der Waals surface area contributed by atoms with Gasteiger partial charge in [-0.15, -0.1) is 0 Å². The SMILES string of the molecule is CC(C)Oc1nscc1C(C)(C)C. The summed E-state index contributed by atoms with van der Waals surface area (Å²) in [7, 11) is 0. The normalized spacial score (nSPS) is 12.2. The lowest BCUT2D eigenvalue weighted by atomic mass is 9.89. The average Bonchev–Trinajstić information content (AvgIpc) is 2.31. The molecule has 0 fully saturated rings. The second kappa shape index (κ2) is 3.66. The molecule has 0 atom stereocenters. The summed E-state index contributed by atoms with van der Waals surface area (Å²) in [5.41, 5.74) is 1.32. The van der Waals surface area contributed by atoms with E-state index in [1.54, 1.807) is 0 Å². The van der Waals surface area contributed by atoms with Crippen molar-refractivity contribution in [3.63, 3.8) is 0 Å². The lowest BCUT2D eigenvalue weighted by Gasteiger charge is -2.19. The second-order valence-corrected chi connectivity index (χ2v) is 5.08. The van der Waals surface area contributed by atoms with Gasteiger partial charge in [-0.1, -0.05) is 20.8 Å². The van der Waals surface area contributed by atoms with Gasteiger partial charge in [0.05, 0.1) is 6.10 Å². The van der Waals surface area contributed by atoms with Gasteiger partial charge in [-0.05, 0) is 30.8 Å². The molecular weight excluding hydrogens is 182 g/mol. The first kappa shape index (κ1) is 10.5. The van der Waals surface area contributed by atoms with Crippen LogP contribution >= 0.6 is 11.5 Å². The van der Waals surface area contributed by atoms with Crippen LogP contribution in [0.4, 0.5) is 0 Å². The smallest absolute Gasteiger partial charge is 0.229 e. The Labute approximate surface area is 84.1 Å². The minimum absolute atomic E-state index is 0.122. The zero-order valence-corrected chi connectivity index (χ0v) is 9.73. The van der Waals surface area contributed by atoms with Gasteiger partial charge in [-0.3, -0.25) is 0 Å². The third-order valence-corrected chi connectivity index (χ3v) is 2.30. The molecule has 0 aliphatic carbocycles. The van der Waals surface area contributed by atoms with Gasteiger partial charge in [0, 0.05) is 10.9 Å². The predicted molar refractivity (Wildman–Crippen MR) is 56.6 cm³/mol. The van der Waals surface area contributed by atoms with E-state index in [-0.39, 0.29) is 11.5 Å². The van der Waals surface area contributed by atoms with Gasteiger partial charge in [0.2, 0.25) is 5.88 Å². The molecule has 0 aromatic carbocycles. The van der Waals surface area contributed by atoms with Crippen molar-refractivity contribution < 1.29 is 4.74 Å². The van der Waals surface area contributed by atoms with Gasteiger partial charge in [0.15, 0.2) is 0 Å². The number of ether oxygens (including phenoxy) is 1. The topological polar surface area (TPSA) is 22.1 Å². The molecule has 0 aliphatic rings. The fourth-order valence-electron chi connectivity index (χ4n) is 1.03. The fraction of sp³-hybridized carbons (Fsp3) is 0.700. The molecule has 1 aromatic rings. The summed E-state index contributed by atoms with van der Waals surface area (Å²) in [5.74, 6) is 0.799. The van der Waals surface area contributed by atoms with Crippen LogP contribution in [0.5, 0.6) is 5.88 Å². The van der Waals surface area contributed by atoms with Crippen molar-refractivity contribution in [2.75, 3.05) is 0 Å². The maximum absolute atomic E-state index is 5.61. The monoisotopic (exact) mass is 199 g/mol. The summed E-state index contributed by atoms with van der Waals surface area (Å²) >= 11 is 1.46. The largest absolute Gasteiger partial charge is 0.474 e. The predicted octanol–water partition coefficient (Wildman–Crippen LogP) is 3.23. The molecule has 0 amide bonds. The molecule has 0 bridgehead atoms. The molecule has 0 saturated carbocycles. The Morgan fingerprint density at radius 3 is 2.46 bits per heavy atom. The van der Waals surface area contributed by atoms with E-state index in [4.69, 9.17) is 4.74 Å². The number of nitrogens with zero attached hydrogens (tertiary/aromatic N) is 1. The Balaban J connectivity index is 2.90. The third kappa shape index (κ3) is 2.69. The maximum atomic E-state index is 5.61. The highest BCUT2D eigenvalue weighted by molar-refractivity contribution is 7.03. The van der Waals surface area contributed by atoms with Crippen LogP contribution in [0.15, 0.2) is 5.38 Å². The minimum atomic E-state index is 0.122. The van der Waals surface area contributed by atoms with E-state index in [0.29, 0.717) is 0 Å². The van der Waals surface area contributed by atoms with E-state index in [0.717, 1.165) is 5.88 Å². The van der Waals surface area contributed by atoms with Crippen molar-refractivity contribution in [2.45, 2.75) is 46.1 Å². The van der Waals surface area contributed by atoms with Crippen LogP contribution in [0.2, 0.25) is 0 Å². The van der Waals surface area contributed by atoms with Crippen molar-refractivity contribution in [2.24, 2.45) is 0 Å². The molecule has 0 spiro atoms. The van der Waals surface area contributed by atoms with E-state index < -0.39 is 0 Å². The second-order valence-electron chi connectivity index (χ2n) is 4.45. The van der Waals surface area contributed by atoms with Crippen molar-refractivity contribution in [1.82, 2.24) is 4.37 Å². The third-order valence-electron chi connectivity index (χ3n) is 1.69. The van der Waals surface area contributed by atoms with Crippen molar-refractivity contribution in [1.29, 1.82) is 0 Å². The number of rotatable bonds is 2. The van der Waals surface area contributed by atoms with Gasteiger partial charge >= 0.3 is 0 Å². The molecule has 2 nitrogen and oxygen atoms in total. The summed E-state index contributed by atoms with van der Waals surface area (Å²) in [6.07, 6.45) is 0.197. The van der Waals surface area contributed by atoms with Crippen LogP contribution in [0.1, 0.15) is 40.2 Å². The average molecular weight is 199 g/mol. The van der Waals surface area contributed by atoms with E-state index in [2.05, 4.69) is 30.5 Å². The van der Waals surface area contributed by atoms with Gasteiger partial charge in [-0.2, -0.15) is 4.37 Å². The van der Waals surface area contributed by atoms with Crippen molar-refractivity contribution in [3.8, 4) is 5.88 Å². The van der Waals surface area contributed by atoms with Crippen LogP contribution in [0.3, 0.4) is 0 Å². The standard InChI is InChI=1S/C10H17NOS/c1-7(2)12-9-8(6-13-11-9)10(3,4)5/h6-7H,1-5H3. The zero-order chi connectivity index (χ0) is 10.1. The minimum Gasteiger partial charge on any atom is -0.474 e. The van der Waals surface area contributed by atoms with Crippen LogP contribution in [-0.2, 0) is 5.41 Å². The van der Waals surface area contributed by atoms with E-state index in [1.165, 1.54) is 17.1 Å². The molecule has 0 saturated heterocycles. The van der Waals surface area contributed by atoms with E-state index >= 15 is 0 Å². The number of hydrogen-bond donors (Lipinski definition) is 0. The molecule has 0 unspecified atom stereocenters. The Morgan fingerprint density at radius 1 is 1.38 bits per heavy atom. The summed E-state index contributed by atoms with van der Waals surface area (Å²) in [6.45, 7) is 10.6. The Morgan fingerprint density at radius 2 is 2.00 bits per heavy atom. The summed E-state index contributed by atoms with van der Waals surface area (Å²) < 4.78 is 9.85. The molecular formula is C10H17NOS. The molecule has 1 rings (SSSR count). The molecule has 0 aliphatic heterocycles. The molecule has 13 heavy (non-hydrogen) atoms. The zero-order valence-electron chi connectivity index (χ0n) is 8.92. The highest BCUT2D eigenvalue weighted by Gasteiger charge is 2.21. The first-order chi connectivity index (χ1) is 5.91. The Kier molecular flexibility index (Phi) is 2.96. The van der Waals surface area contributed by atoms with Crippen molar-refractivity contribution in [3.05, 3.63) is 10.9 Å². The lowest BCUT2D eigenvalue weighted by molar-refractivity contribution is 0.229. The van der Waals surface area contributed by atoms with Gasteiger partial charge in [-0.25, -0.2) is 0 Å². The van der Waals surface area contributed by atoms with Crippen molar-refractivity contribution >= 4 is 11.5 Å². The van der Waals surface area contributed by atoms with Gasteiger partial charge in [0.25, 0.3) is 0 Å². The summed E-state index contributed by atoms with van der Waals surface area (Å²) in [4.78, 5) is 0. The maximum Gasteiger partial charge on any atom is 0.229 e. The first-order valence-electron chi connectivity index (χ1n) is 4.53. The Hall–Kier alpha value is -0.570. The molecule has 74 valence electrons. The molecule has 3 heteroatoms. The lowest BCUT2D eigenvalue weighted by Crippen LogP contribution is -2.14. The van der Waals surface area contributed by atoms with E-state index in [9.17, 15) is 0 Å². The quantitative estimate of drug-likeness (QED) is 0.729. The highest BCUT2D eigenvalue weighted by atomic mass is 32.1. The summed E-state index contributed by atoms with van der Waals surface area (Å²) in [5, 5.41) is 2.07. The van der Waals surface area contributed by atoms with Crippen LogP contribution in [-0.4, -0.2) is 10.5 Å². The number of hydrogen-bond acceptors (Lipinski definition) is 3. The van der Waals surface area contributed by atoms with E-state index in [1.807, 2.05) is 13.8 Å². The fourth-order valence-corrected chi connectivity index (χ4v) is 1.88. The van der Waals surface area contributed by atoms with Gasteiger partial charge in [0.1, 0.15) is 0 Å². The Bertz CT molecular complexity index is 273. The van der Waals surface area contributed by atoms with Gasteiger partial charge < -0.3 is 4.74 Å². The molecule has 1 aromatic heterocycles.